The summed E-state index contributed by atoms with van der Waals surface area (Å²) in [7, 11) is 1.77. The van der Waals surface area contributed by atoms with Gasteiger partial charge in [-0.25, -0.2) is 4.98 Å². The van der Waals surface area contributed by atoms with E-state index in [4.69, 9.17) is 34.8 Å². The number of anilines is 3. The van der Waals surface area contributed by atoms with Crippen LogP contribution in [0.4, 0.5) is 30.5 Å². The lowest BCUT2D eigenvalue weighted by atomic mass is 9.97. The third-order valence-corrected chi connectivity index (χ3v) is 8.30. The summed E-state index contributed by atoms with van der Waals surface area (Å²) in [6, 6.07) is 10.3. The monoisotopic (exact) mass is 624 g/mol. The van der Waals surface area contributed by atoms with Crippen molar-refractivity contribution >= 4 is 69.1 Å². The van der Waals surface area contributed by atoms with Crippen LogP contribution in [-0.2, 0) is 13.6 Å². The molecule has 2 aromatic heterocycles. The molecule has 0 radical (unpaired) electrons. The minimum atomic E-state index is -4.26. The summed E-state index contributed by atoms with van der Waals surface area (Å²) in [5.74, 6) is -1.34. The molecule has 5 rings (SSSR count). The third-order valence-electron chi connectivity index (χ3n) is 7.25. The van der Waals surface area contributed by atoms with Gasteiger partial charge in [0.15, 0.2) is 0 Å². The SMILES string of the molecule is Cc1cccnc1C(=O)NCc1ccc(Cl)c(Nc2nc3cc(Cl)c(N4CCCC(C(F)(F)F)C4)cc3n2C)c1Cl. The van der Waals surface area contributed by atoms with Crippen LogP contribution in [0.15, 0.2) is 42.6 Å². The highest BCUT2D eigenvalue weighted by molar-refractivity contribution is 6.39. The van der Waals surface area contributed by atoms with Gasteiger partial charge >= 0.3 is 6.18 Å². The number of benzene rings is 2. The van der Waals surface area contributed by atoms with Crippen molar-refractivity contribution in [2.24, 2.45) is 13.0 Å². The van der Waals surface area contributed by atoms with Crippen molar-refractivity contribution < 1.29 is 18.0 Å². The molecular formula is C28H26Cl3F3N6O. The van der Waals surface area contributed by atoms with Crippen molar-refractivity contribution in [1.29, 1.82) is 0 Å². The van der Waals surface area contributed by atoms with E-state index >= 15 is 0 Å². The van der Waals surface area contributed by atoms with Gasteiger partial charge in [0.25, 0.3) is 5.91 Å². The lowest BCUT2D eigenvalue weighted by Gasteiger charge is -2.35. The highest BCUT2D eigenvalue weighted by atomic mass is 35.5. The minimum Gasteiger partial charge on any atom is -0.370 e. The van der Waals surface area contributed by atoms with Crippen LogP contribution in [-0.4, -0.2) is 39.7 Å². The first-order valence-corrected chi connectivity index (χ1v) is 14.0. The van der Waals surface area contributed by atoms with E-state index < -0.39 is 12.1 Å². The number of carbonyl (C=O) groups is 1. The Morgan fingerprint density at radius 2 is 1.93 bits per heavy atom. The predicted octanol–water partition coefficient (Wildman–Crippen LogP) is 7.69. The average molecular weight is 626 g/mol. The van der Waals surface area contributed by atoms with E-state index in [0.717, 1.165) is 5.56 Å². The maximum Gasteiger partial charge on any atom is 0.393 e. The number of hydrogen-bond acceptors (Lipinski definition) is 5. The predicted molar refractivity (Wildman–Crippen MR) is 157 cm³/mol. The Bertz CT molecular complexity index is 1620. The fourth-order valence-corrected chi connectivity index (χ4v) is 5.77. The zero-order valence-corrected chi connectivity index (χ0v) is 24.4. The first-order chi connectivity index (χ1) is 19.4. The molecule has 1 aliphatic rings. The molecule has 1 unspecified atom stereocenters. The van der Waals surface area contributed by atoms with E-state index in [2.05, 4.69) is 20.6 Å². The smallest absolute Gasteiger partial charge is 0.370 e. The molecule has 1 aliphatic heterocycles. The number of nitrogens with zero attached hydrogens (tertiary/aromatic N) is 4. The zero-order chi connectivity index (χ0) is 29.5. The molecule has 1 amide bonds. The Hall–Kier alpha value is -3.21. The first-order valence-electron chi connectivity index (χ1n) is 12.9. The molecule has 0 saturated carbocycles. The molecule has 1 saturated heterocycles. The quantitative estimate of drug-likeness (QED) is 0.230. The fraction of sp³-hybridized carbons (Fsp3) is 0.321. The van der Waals surface area contributed by atoms with Gasteiger partial charge in [0.2, 0.25) is 5.95 Å². The number of nitrogens with one attached hydrogen (secondary N) is 2. The van der Waals surface area contributed by atoms with Crippen molar-refractivity contribution in [1.82, 2.24) is 19.9 Å². The van der Waals surface area contributed by atoms with Crippen molar-refractivity contribution in [3.05, 3.63) is 74.5 Å². The molecule has 2 aromatic carbocycles. The van der Waals surface area contributed by atoms with Gasteiger partial charge in [0.1, 0.15) is 5.69 Å². The van der Waals surface area contributed by atoms with Crippen LogP contribution in [0.2, 0.25) is 15.1 Å². The number of hydrogen-bond donors (Lipinski definition) is 2. The Morgan fingerprint density at radius 3 is 2.66 bits per heavy atom. The maximum atomic E-state index is 13.4. The molecule has 1 atom stereocenters. The van der Waals surface area contributed by atoms with E-state index in [0.29, 0.717) is 67.6 Å². The molecule has 1 fully saturated rings. The maximum absolute atomic E-state index is 13.4. The third kappa shape index (κ3) is 6.05. The Morgan fingerprint density at radius 1 is 1.15 bits per heavy atom. The second-order valence-electron chi connectivity index (χ2n) is 9.99. The second-order valence-corrected chi connectivity index (χ2v) is 11.2. The number of fused-ring (bicyclic) bond motifs is 1. The van der Waals surface area contributed by atoms with Crippen LogP contribution in [0.25, 0.3) is 11.0 Å². The van der Waals surface area contributed by atoms with E-state index in [1.54, 1.807) is 66.0 Å². The largest absolute Gasteiger partial charge is 0.393 e. The van der Waals surface area contributed by atoms with E-state index in [-0.39, 0.29) is 25.4 Å². The topological polar surface area (TPSA) is 75.1 Å². The van der Waals surface area contributed by atoms with Crippen molar-refractivity contribution in [2.45, 2.75) is 32.5 Å². The first kappa shape index (κ1) is 29.3. The fourth-order valence-electron chi connectivity index (χ4n) is 4.96. The lowest BCUT2D eigenvalue weighted by molar-refractivity contribution is -0.175. The number of aromatic nitrogens is 3. The summed E-state index contributed by atoms with van der Waals surface area (Å²) in [6.45, 7) is 2.27. The van der Waals surface area contributed by atoms with Crippen LogP contribution >= 0.6 is 34.8 Å². The molecule has 7 nitrogen and oxygen atoms in total. The Balaban J connectivity index is 1.39. The standard InChI is InChI=1S/C28H26Cl3F3N6O/c1-15-5-3-9-35-24(15)26(41)36-13-16-7-8-18(29)25(23(16)31)38-27-37-20-11-19(30)21(12-22(20)39(27)2)40-10-4-6-17(14-40)28(32,33)34/h3,5,7-9,11-12,17H,4,6,10,13-14H2,1-2H3,(H,36,41)(H,37,38). The normalized spacial score (nSPS) is 15.8. The van der Waals surface area contributed by atoms with E-state index in [1.165, 1.54) is 0 Å². The minimum absolute atomic E-state index is 0.104. The number of piperidine rings is 1. The van der Waals surface area contributed by atoms with Gasteiger partial charge in [0.05, 0.1) is 43.4 Å². The summed E-state index contributed by atoms with van der Waals surface area (Å²) in [6.07, 6.45) is -2.18. The highest BCUT2D eigenvalue weighted by Crippen LogP contribution is 2.40. The molecule has 41 heavy (non-hydrogen) atoms. The van der Waals surface area contributed by atoms with Crippen LogP contribution in [0.3, 0.4) is 0 Å². The molecule has 0 aliphatic carbocycles. The van der Waals surface area contributed by atoms with Crippen molar-refractivity contribution in [3.8, 4) is 0 Å². The highest BCUT2D eigenvalue weighted by Gasteiger charge is 2.42. The number of aryl methyl sites for hydroxylation is 2. The van der Waals surface area contributed by atoms with E-state index in [1.807, 2.05) is 0 Å². The van der Waals surface area contributed by atoms with Gasteiger partial charge in [-0.05, 0) is 55.2 Å². The summed E-state index contributed by atoms with van der Waals surface area (Å²) < 4.78 is 42.0. The summed E-state index contributed by atoms with van der Waals surface area (Å²) in [5, 5.41) is 6.96. The molecule has 3 heterocycles. The van der Waals surface area contributed by atoms with Gasteiger partial charge < -0.3 is 20.1 Å². The van der Waals surface area contributed by atoms with E-state index in [9.17, 15) is 18.0 Å². The molecule has 13 heteroatoms. The van der Waals surface area contributed by atoms with Crippen LogP contribution in [0.1, 0.15) is 34.5 Å². The number of amides is 1. The number of pyridine rings is 1. The van der Waals surface area contributed by atoms with Crippen LogP contribution in [0.5, 0.6) is 0 Å². The second kappa shape index (κ2) is 11.6. The molecule has 2 N–H and O–H groups in total. The number of imidazole rings is 1. The number of alkyl halides is 3. The van der Waals surface area contributed by atoms with Crippen LogP contribution < -0.4 is 15.5 Å². The van der Waals surface area contributed by atoms with Crippen LogP contribution in [0, 0.1) is 12.8 Å². The Kier molecular flexibility index (Phi) is 8.27. The van der Waals surface area contributed by atoms with Crippen molar-refractivity contribution in [2.75, 3.05) is 23.3 Å². The van der Waals surface area contributed by atoms with Gasteiger partial charge in [-0.3, -0.25) is 9.78 Å². The molecule has 4 aromatic rings. The summed E-state index contributed by atoms with van der Waals surface area (Å²) >= 11 is 19.7. The number of carbonyl (C=O) groups excluding carboxylic acids is 1. The Labute approximate surface area is 249 Å². The van der Waals surface area contributed by atoms with Crippen molar-refractivity contribution in [3.63, 3.8) is 0 Å². The summed E-state index contributed by atoms with van der Waals surface area (Å²) in [5.41, 5.74) is 3.83. The molecule has 0 spiro atoms. The van der Waals surface area contributed by atoms with Gasteiger partial charge in [-0.1, -0.05) is 46.9 Å². The molecule has 216 valence electrons. The van der Waals surface area contributed by atoms with Gasteiger partial charge in [-0.15, -0.1) is 0 Å². The molecule has 0 bridgehead atoms. The van der Waals surface area contributed by atoms with Gasteiger partial charge in [0, 0.05) is 32.9 Å². The number of halogens is 6. The molecular weight excluding hydrogens is 600 g/mol. The number of rotatable bonds is 6. The zero-order valence-electron chi connectivity index (χ0n) is 22.1. The lowest BCUT2D eigenvalue weighted by Crippen LogP contribution is -2.41. The average Bonchev–Trinajstić information content (AvgIpc) is 3.23. The van der Waals surface area contributed by atoms with Gasteiger partial charge in [-0.2, -0.15) is 13.2 Å². The summed E-state index contributed by atoms with van der Waals surface area (Å²) in [4.78, 5) is 23.1.